The summed E-state index contributed by atoms with van der Waals surface area (Å²) in [6.07, 6.45) is 0. The van der Waals surface area contributed by atoms with Gasteiger partial charge in [-0.05, 0) is 45.8 Å². The molecule has 0 fully saturated rings. The maximum Gasteiger partial charge on any atom is 0.129 e. The molecule has 1 heteroatoms. The van der Waals surface area contributed by atoms with E-state index in [0.29, 0.717) is 0 Å². The van der Waals surface area contributed by atoms with Gasteiger partial charge in [0.1, 0.15) is 8.07 Å². The van der Waals surface area contributed by atoms with Gasteiger partial charge in [-0.2, -0.15) is 0 Å². The van der Waals surface area contributed by atoms with Crippen LogP contribution in [0.25, 0.3) is 21.5 Å². The molecule has 20 heavy (non-hydrogen) atoms. The molecule has 0 nitrogen and oxygen atoms in total. The molecule has 0 heterocycles. The standard InChI is InChI=1S/C19H18Si/c1-20(2,3)11-10-15-8-9-18-13-16-6-4-5-7-17(16)14-19(18)12-15/h4-9,12-14H,1-3H3. The minimum atomic E-state index is -1.31. The average molecular weight is 274 g/mol. The van der Waals surface area contributed by atoms with Gasteiger partial charge in [0.15, 0.2) is 0 Å². The molecule has 98 valence electrons. The quantitative estimate of drug-likeness (QED) is 0.299. The lowest BCUT2D eigenvalue weighted by Gasteiger charge is -2.05. The summed E-state index contributed by atoms with van der Waals surface area (Å²) in [7, 11) is -1.31. The normalized spacial score (nSPS) is 11.3. The van der Waals surface area contributed by atoms with Crippen molar-refractivity contribution in [1.82, 2.24) is 0 Å². The van der Waals surface area contributed by atoms with Crippen molar-refractivity contribution >= 4 is 29.6 Å². The van der Waals surface area contributed by atoms with Crippen molar-refractivity contribution in [3.05, 3.63) is 60.2 Å². The second-order valence-electron chi connectivity index (χ2n) is 6.26. The van der Waals surface area contributed by atoms with E-state index in [0.717, 1.165) is 5.56 Å². The van der Waals surface area contributed by atoms with Crippen LogP contribution >= 0.6 is 0 Å². The van der Waals surface area contributed by atoms with Crippen LogP contribution < -0.4 is 0 Å². The van der Waals surface area contributed by atoms with Crippen LogP contribution in [-0.2, 0) is 0 Å². The molecular weight excluding hydrogens is 256 g/mol. The fourth-order valence-electron chi connectivity index (χ4n) is 2.28. The average Bonchev–Trinajstić information content (AvgIpc) is 2.42. The van der Waals surface area contributed by atoms with Gasteiger partial charge in [0, 0.05) is 5.56 Å². The molecule has 0 aliphatic heterocycles. The van der Waals surface area contributed by atoms with E-state index in [1.807, 2.05) is 0 Å². The van der Waals surface area contributed by atoms with Crippen LogP contribution in [0.2, 0.25) is 19.6 Å². The lowest BCUT2D eigenvalue weighted by molar-refractivity contribution is 1.71. The fraction of sp³-hybridized carbons (Fsp3) is 0.158. The highest BCUT2D eigenvalue weighted by Crippen LogP contribution is 2.23. The summed E-state index contributed by atoms with van der Waals surface area (Å²) in [5.41, 5.74) is 4.55. The lowest BCUT2D eigenvalue weighted by atomic mass is 10.0. The van der Waals surface area contributed by atoms with Crippen molar-refractivity contribution in [2.45, 2.75) is 19.6 Å². The van der Waals surface area contributed by atoms with Crippen LogP contribution in [0.3, 0.4) is 0 Å². The highest BCUT2D eigenvalue weighted by molar-refractivity contribution is 6.83. The van der Waals surface area contributed by atoms with E-state index in [1.165, 1.54) is 21.5 Å². The van der Waals surface area contributed by atoms with Crippen molar-refractivity contribution in [1.29, 1.82) is 0 Å². The van der Waals surface area contributed by atoms with Gasteiger partial charge in [-0.3, -0.25) is 0 Å². The Balaban J connectivity index is 2.15. The first kappa shape index (κ1) is 13.0. The molecule has 0 amide bonds. The molecule has 0 aromatic heterocycles. The maximum atomic E-state index is 3.43. The predicted molar refractivity (Wildman–Crippen MR) is 91.7 cm³/mol. The Morgan fingerprint density at radius 3 is 1.95 bits per heavy atom. The predicted octanol–water partition coefficient (Wildman–Crippen LogP) is 5.22. The highest BCUT2D eigenvalue weighted by atomic mass is 28.3. The van der Waals surface area contributed by atoms with Crippen molar-refractivity contribution in [2.75, 3.05) is 0 Å². The van der Waals surface area contributed by atoms with Gasteiger partial charge in [0.05, 0.1) is 0 Å². The van der Waals surface area contributed by atoms with Crippen LogP contribution in [0.15, 0.2) is 54.6 Å². The molecule has 0 spiro atoms. The number of hydrogen-bond donors (Lipinski definition) is 0. The van der Waals surface area contributed by atoms with Crippen LogP contribution in [-0.4, -0.2) is 8.07 Å². The van der Waals surface area contributed by atoms with Gasteiger partial charge in [0.2, 0.25) is 0 Å². The van der Waals surface area contributed by atoms with Crippen LogP contribution in [0.4, 0.5) is 0 Å². The van der Waals surface area contributed by atoms with Gasteiger partial charge in [0.25, 0.3) is 0 Å². The van der Waals surface area contributed by atoms with Crippen molar-refractivity contribution in [2.24, 2.45) is 0 Å². The van der Waals surface area contributed by atoms with E-state index in [-0.39, 0.29) is 0 Å². The van der Waals surface area contributed by atoms with Crippen molar-refractivity contribution in [3.63, 3.8) is 0 Å². The van der Waals surface area contributed by atoms with Gasteiger partial charge < -0.3 is 0 Å². The summed E-state index contributed by atoms with van der Waals surface area (Å²) >= 11 is 0. The third-order valence-corrected chi connectivity index (χ3v) is 4.16. The zero-order valence-corrected chi connectivity index (χ0v) is 13.2. The largest absolute Gasteiger partial charge is 0.129 e. The van der Waals surface area contributed by atoms with Gasteiger partial charge in [-0.25, -0.2) is 0 Å². The molecule has 3 rings (SSSR count). The Kier molecular flexibility index (Phi) is 3.12. The first-order valence-electron chi connectivity index (χ1n) is 6.97. The van der Waals surface area contributed by atoms with Gasteiger partial charge in [-0.15, -0.1) is 5.54 Å². The number of fused-ring (bicyclic) bond motifs is 2. The van der Waals surface area contributed by atoms with Gasteiger partial charge in [-0.1, -0.05) is 55.9 Å². The lowest BCUT2D eigenvalue weighted by Crippen LogP contribution is -2.16. The fourth-order valence-corrected chi connectivity index (χ4v) is 2.80. The van der Waals surface area contributed by atoms with E-state index in [2.05, 4.69) is 85.7 Å². The summed E-state index contributed by atoms with van der Waals surface area (Å²) in [5, 5.41) is 5.13. The zero-order chi connectivity index (χ0) is 14.2. The van der Waals surface area contributed by atoms with E-state index in [9.17, 15) is 0 Å². The third-order valence-electron chi connectivity index (χ3n) is 3.29. The van der Waals surface area contributed by atoms with Crippen LogP contribution in [0, 0.1) is 11.5 Å². The molecule has 0 radical (unpaired) electrons. The van der Waals surface area contributed by atoms with Crippen molar-refractivity contribution < 1.29 is 0 Å². The molecule has 0 N–H and O–H groups in total. The second-order valence-corrected chi connectivity index (χ2v) is 11.0. The first-order valence-corrected chi connectivity index (χ1v) is 10.5. The Morgan fingerprint density at radius 2 is 1.30 bits per heavy atom. The molecule has 0 aliphatic carbocycles. The Labute approximate surface area is 121 Å². The molecule has 0 saturated heterocycles. The SMILES string of the molecule is C[Si](C)(C)C#Cc1ccc2cc3ccccc3cc2c1. The zero-order valence-electron chi connectivity index (χ0n) is 12.2. The third kappa shape index (κ3) is 2.76. The van der Waals surface area contributed by atoms with E-state index >= 15 is 0 Å². The number of hydrogen-bond acceptors (Lipinski definition) is 0. The molecule has 0 atom stereocenters. The maximum absolute atomic E-state index is 3.43. The molecule has 0 bridgehead atoms. The van der Waals surface area contributed by atoms with Crippen LogP contribution in [0.5, 0.6) is 0 Å². The molecule has 0 unspecified atom stereocenters. The van der Waals surface area contributed by atoms with Crippen molar-refractivity contribution in [3.8, 4) is 11.5 Å². The van der Waals surface area contributed by atoms with Crippen LogP contribution in [0.1, 0.15) is 5.56 Å². The van der Waals surface area contributed by atoms with Gasteiger partial charge >= 0.3 is 0 Å². The topological polar surface area (TPSA) is 0 Å². The Bertz CT molecular complexity index is 842. The number of benzene rings is 3. The molecule has 3 aromatic carbocycles. The summed E-state index contributed by atoms with van der Waals surface area (Å²) in [4.78, 5) is 0. The summed E-state index contributed by atoms with van der Waals surface area (Å²) in [6, 6.07) is 19.5. The summed E-state index contributed by atoms with van der Waals surface area (Å²) in [6.45, 7) is 6.82. The number of rotatable bonds is 0. The minimum absolute atomic E-state index is 1.12. The molecular formula is C19H18Si. The Morgan fingerprint density at radius 1 is 0.700 bits per heavy atom. The highest BCUT2D eigenvalue weighted by Gasteiger charge is 2.07. The second kappa shape index (κ2) is 4.81. The summed E-state index contributed by atoms with van der Waals surface area (Å²) < 4.78 is 0. The van der Waals surface area contributed by atoms with E-state index in [1.54, 1.807) is 0 Å². The molecule has 0 saturated carbocycles. The summed E-state index contributed by atoms with van der Waals surface area (Å²) in [5.74, 6) is 3.34. The van der Waals surface area contributed by atoms with E-state index in [4.69, 9.17) is 0 Å². The first-order chi connectivity index (χ1) is 9.51. The molecule has 0 aliphatic rings. The van der Waals surface area contributed by atoms with E-state index < -0.39 is 8.07 Å². The Hall–Kier alpha value is -2.04. The smallest absolute Gasteiger partial charge is 0.127 e. The minimum Gasteiger partial charge on any atom is -0.127 e. The monoisotopic (exact) mass is 274 g/mol. The molecule has 3 aromatic rings.